The molecule has 0 bridgehead atoms. The third-order valence-corrected chi connectivity index (χ3v) is 3.26. The molecule has 14 heavy (non-hydrogen) atoms. The average Bonchev–Trinajstić information content (AvgIpc) is 3.04. The van der Waals surface area contributed by atoms with Gasteiger partial charge in [-0.1, -0.05) is 0 Å². The van der Waals surface area contributed by atoms with Crippen molar-refractivity contribution >= 4 is 5.91 Å². The Kier molecular flexibility index (Phi) is 3.06. The van der Waals surface area contributed by atoms with Crippen LogP contribution in [-0.2, 0) is 4.79 Å². The third-order valence-electron chi connectivity index (χ3n) is 3.26. The molecule has 0 radical (unpaired) electrons. The Morgan fingerprint density at radius 3 is 2.71 bits per heavy atom. The predicted octanol–water partition coefficient (Wildman–Crippen LogP) is 0.997. The molecular weight excluding hydrogens is 176 g/mol. The van der Waals surface area contributed by atoms with Crippen molar-refractivity contribution in [2.45, 2.75) is 38.6 Å². The van der Waals surface area contributed by atoms with Crippen LogP contribution in [0, 0.1) is 5.92 Å². The zero-order valence-corrected chi connectivity index (χ0v) is 8.96. The average molecular weight is 196 g/mol. The van der Waals surface area contributed by atoms with Crippen molar-refractivity contribution in [1.29, 1.82) is 0 Å². The summed E-state index contributed by atoms with van der Waals surface area (Å²) >= 11 is 0. The Morgan fingerprint density at radius 1 is 1.43 bits per heavy atom. The summed E-state index contributed by atoms with van der Waals surface area (Å²) in [7, 11) is 0. The summed E-state index contributed by atoms with van der Waals surface area (Å²) in [6.45, 7) is 4.95. The first-order valence-corrected chi connectivity index (χ1v) is 5.84. The highest BCUT2D eigenvalue weighted by Gasteiger charge is 2.34. The number of rotatable bonds is 3. The summed E-state index contributed by atoms with van der Waals surface area (Å²) in [6.07, 6.45) is 4.67. The van der Waals surface area contributed by atoms with Gasteiger partial charge in [0.25, 0.3) is 0 Å². The van der Waals surface area contributed by atoms with Gasteiger partial charge < -0.3 is 10.2 Å². The standard InChI is InChI=1S/C11H20N2O/c1-2-13(10-5-6-10)11(14)9-4-3-7-12-8-9/h9-10,12H,2-8H2,1H3/t9-/m0/s1. The Bertz CT molecular complexity index is 207. The Balaban J connectivity index is 1.90. The van der Waals surface area contributed by atoms with Crippen LogP contribution in [0.25, 0.3) is 0 Å². The van der Waals surface area contributed by atoms with Crippen molar-refractivity contribution < 1.29 is 4.79 Å². The molecule has 1 saturated heterocycles. The van der Waals surface area contributed by atoms with Gasteiger partial charge in [0, 0.05) is 19.1 Å². The van der Waals surface area contributed by atoms with E-state index in [1.165, 1.54) is 12.8 Å². The van der Waals surface area contributed by atoms with Gasteiger partial charge in [-0.3, -0.25) is 4.79 Å². The monoisotopic (exact) mass is 196 g/mol. The minimum absolute atomic E-state index is 0.254. The summed E-state index contributed by atoms with van der Waals surface area (Å²) in [5, 5.41) is 3.31. The van der Waals surface area contributed by atoms with Crippen molar-refractivity contribution in [2.24, 2.45) is 5.92 Å². The number of amides is 1. The van der Waals surface area contributed by atoms with Crippen LogP contribution >= 0.6 is 0 Å². The van der Waals surface area contributed by atoms with Crippen LogP contribution in [-0.4, -0.2) is 36.5 Å². The van der Waals surface area contributed by atoms with E-state index < -0.39 is 0 Å². The Hall–Kier alpha value is -0.570. The maximum Gasteiger partial charge on any atom is 0.227 e. The molecule has 0 aromatic rings. The van der Waals surface area contributed by atoms with Crippen LogP contribution in [0.2, 0.25) is 0 Å². The van der Waals surface area contributed by atoms with Crippen LogP contribution in [0.1, 0.15) is 32.6 Å². The van der Waals surface area contributed by atoms with Crippen molar-refractivity contribution in [3.63, 3.8) is 0 Å². The van der Waals surface area contributed by atoms with Gasteiger partial charge in [0.05, 0.1) is 5.92 Å². The topological polar surface area (TPSA) is 32.3 Å². The smallest absolute Gasteiger partial charge is 0.227 e. The molecule has 1 aliphatic carbocycles. The summed E-state index contributed by atoms with van der Waals surface area (Å²) in [5.74, 6) is 0.645. The van der Waals surface area contributed by atoms with Crippen LogP contribution in [0.15, 0.2) is 0 Å². The van der Waals surface area contributed by atoms with E-state index in [1.54, 1.807) is 0 Å². The molecule has 2 aliphatic rings. The molecule has 1 heterocycles. The van der Waals surface area contributed by atoms with E-state index in [0.717, 1.165) is 32.5 Å². The van der Waals surface area contributed by atoms with Gasteiger partial charge in [0.15, 0.2) is 0 Å². The lowest BCUT2D eigenvalue weighted by Gasteiger charge is -2.28. The van der Waals surface area contributed by atoms with Crippen molar-refractivity contribution in [1.82, 2.24) is 10.2 Å². The molecule has 0 spiro atoms. The molecular formula is C11H20N2O. The number of carbonyl (C=O) groups is 1. The normalized spacial score (nSPS) is 27.4. The fourth-order valence-electron chi connectivity index (χ4n) is 2.28. The van der Waals surface area contributed by atoms with E-state index in [9.17, 15) is 4.79 Å². The Labute approximate surface area is 85.8 Å². The second-order valence-electron chi connectivity index (χ2n) is 4.40. The maximum atomic E-state index is 12.1. The minimum Gasteiger partial charge on any atom is -0.340 e. The fourth-order valence-corrected chi connectivity index (χ4v) is 2.28. The van der Waals surface area contributed by atoms with Gasteiger partial charge in [-0.25, -0.2) is 0 Å². The first-order valence-electron chi connectivity index (χ1n) is 5.84. The molecule has 80 valence electrons. The highest BCUT2D eigenvalue weighted by atomic mass is 16.2. The molecule has 1 atom stereocenters. The lowest BCUT2D eigenvalue weighted by Crippen LogP contribution is -2.43. The lowest BCUT2D eigenvalue weighted by atomic mass is 9.98. The number of carbonyl (C=O) groups excluding carboxylic acids is 1. The molecule has 1 aliphatic heterocycles. The van der Waals surface area contributed by atoms with E-state index in [2.05, 4.69) is 17.1 Å². The summed E-state index contributed by atoms with van der Waals surface area (Å²) in [4.78, 5) is 14.2. The molecule has 0 aromatic heterocycles. The molecule has 2 fully saturated rings. The minimum atomic E-state index is 0.254. The number of nitrogens with one attached hydrogen (secondary N) is 1. The molecule has 3 heteroatoms. The van der Waals surface area contributed by atoms with Gasteiger partial charge in [0.2, 0.25) is 5.91 Å². The van der Waals surface area contributed by atoms with Crippen LogP contribution in [0.4, 0.5) is 0 Å². The summed E-state index contributed by atoms with van der Waals surface area (Å²) in [5.41, 5.74) is 0. The van der Waals surface area contributed by atoms with E-state index in [4.69, 9.17) is 0 Å². The first kappa shape index (κ1) is 9.97. The van der Waals surface area contributed by atoms with Gasteiger partial charge in [-0.15, -0.1) is 0 Å². The van der Waals surface area contributed by atoms with Gasteiger partial charge >= 0.3 is 0 Å². The van der Waals surface area contributed by atoms with E-state index >= 15 is 0 Å². The predicted molar refractivity (Wildman–Crippen MR) is 56.0 cm³/mol. The number of piperidine rings is 1. The second-order valence-corrected chi connectivity index (χ2v) is 4.40. The van der Waals surface area contributed by atoms with Crippen LogP contribution in [0.5, 0.6) is 0 Å². The van der Waals surface area contributed by atoms with Crippen molar-refractivity contribution in [3.8, 4) is 0 Å². The van der Waals surface area contributed by atoms with Gasteiger partial charge in [-0.05, 0) is 39.2 Å². The zero-order chi connectivity index (χ0) is 9.97. The Morgan fingerprint density at radius 2 is 2.21 bits per heavy atom. The van der Waals surface area contributed by atoms with Crippen LogP contribution < -0.4 is 5.32 Å². The molecule has 1 amide bonds. The molecule has 3 nitrogen and oxygen atoms in total. The van der Waals surface area contributed by atoms with Gasteiger partial charge in [-0.2, -0.15) is 0 Å². The van der Waals surface area contributed by atoms with E-state index in [0.29, 0.717) is 11.9 Å². The summed E-state index contributed by atoms with van der Waals surface area (Å²) in [6, 6.07) is 0.578. The first-order chi connectivity index (χ1) is 6.83. The third kappa shape index (κ3) is 2.08. The molecule has 1 saturated carbocycles. The SMILES string of the molecule is CCN(C(=O)[C@H]1CCCNC1)C1CC1. The zero-order valence-electron chi connectivity index (χ0n) is 8.96. The van der Waals surface area contributed by atoms with E-state index in [-0.39, 0.29) is 5.92 Å². The summed E-state index contributed by atoms with van der Waals surface area (Å²) < 4.78 is 0. The molecule has 0 unspecified atom stereocenters. The van der Waals surface area contributed by atoms with Crippen LogP contribution in [0.3, 0.4) is 0 Å². The number of hydrogen-bond acceptors (Lipinski definition) is 2. The van der Waals surface area contributed by atoms with E-state index in [1.807, 2.05) is 0 Å². The number of nitrogens with zero attached hydrogens (tertiary/aromatic N) is 1. The highest BCUT2D eigenvalue weighted by Crippen LogP contribution is 2.28. The van der Waals surface area contributed by atoms with Gasteiger partial charge in [0.1, 0.15) is 0 Å². The number of hydrogen-bond donors (Lipinski definition) is 1. The quantitative estimate of drug-likeness (QED) is 0.730. The molecule has 1 N–H and O–H groups in total. The van der Waals surface area contributed by atoms with Crippen molar-refractivity contribution in [2.75, 3.05) is 19.6 Å². The lowest BCUT2D eigenvalue weighted by molar-refractivity contribution is -0.136. The largest absolute Gasteiger partial charge is 0.340 e. The molecule has 0 aromatic carbocycles. The fraction of sp³-hybridized carbons (Fsp3) is 0.909. The highest BCUT2D eigenvalue weighted by molar-refractivity contribution is 5.79. The second kappa shape index (κ2) is 4.30. The maximum absolute atomic E-state index is 12.1. The molecule has 2 rings (SSSR count). The van der Waals surface area contributed by atoms with Crippen molar-refractivity contribution in [3.05, 3.63) is 0 Å².